The summed E-state index contributed by atoms with van der Waals surface area (Å²) in [5.41, 5.74) is 1.51. The monoisotopic (exact) mass is 244 g/mol. The molecule has 2 nitrogen and oxygen atoms in total. The smallest absolute Gasteiger partial charge is 0.344 e. The van der Waals surface area contributed by atoms with Crippen molar-refractivity contribution < 1.29 is 8.85 Å². The summed E-state index contributed by atoms with van der Waals surface area (Å²) in [5.74, 6) is 0. The van der Waals surface area contributed by atoms with Gasteiger partial charge in [0, 0.05) is 25.3 Å². The van der Waals surface area contributed by atoms with Gasteiger partial charge in [-0.1, -0.05) is 39.5 Å². The molecule has 0 spiro atoms. The summed E-state index contributed by atoms with van der Waals surface area (Å²) in [6.45, 7) is 4.52. The molecule has 96 valence electrons. The minimum Gasteiger partial charge on any atom is -0.397 e. The van der Waals surface area contributed by atoms with Gasteiger partial charge in [-0.2, -0.15) is 0 Å². The predicted octanol–water partition coefficient (Wildman–Crippen LogP) is 4.25. The van der Waals surface area contributed by atoms with Gasteiger partial charge >= 0.3 is 8.56 Å². The molecule has 1 aliphatic heterocycles. The molecule has 0 amide bonds. The Kier molecular flexibility index (Phi) is 6.01. The second-order valence-electron chi connectivity index (χ2n) is 5.04. The van der Waals surface area contributed by atoms with E-state index >= 15 is 0 Å². The molecular formula is C13H28O2Si. The molecular weight excluding hydrogens is 216 g/mol. The molecule has 0 aromatic heterocycles. The highest BCUT2D eigenvalue weighted by molar-refractivity contribution is 6.73. The standard InChI is InChI=1S/C13H28O2Si/c1-5-7-9-12-11-13(10-8-6-2)16(12,14-3)15-4/h12-13H,5-11H2,1-4H3. The van der Waals surface area contributed by atoms with E-state index in [9.17, 15) is 0 Å². The number of unbranched alkanes of at least 4 members (excludes halogenated alkanes) is 2. The molecule has 1 fully saturated rings. The molecule has 0 aromatic carbocycles. The maximum Gasteiger partial charge on any atom is 0.344 e. The molecule has 1 aliphatic rings. The molecule has 2 unspecified atom stereocenters. The topological polar surface area (TPSA) is 18.5 Å². The Balaban J connectivity index is 2.50. The van der Waals surface area contributed by atoms with Crippen LogP contribution in [0.3, 0.4) is 0 Å². The van der Waals surface area contributed by atoms with Crippen LogP contribution in [0.25, 0.3) is 0 Å². The lowest BCUT2D eigenvalue weighted by molar-refractivity contribution is 0.170. The van der Waals surface area contributed by atoms with Crippen LogP contribution in [0, 0.1) is 0 Å². The predicted molar refractivity (Wildman–Crippen MR) is 70.9 cm³/mol. The highest BCUT2D eigenvalue weighted by Crippen LogP contribution is 2.56. The van der Waals surface area contributed by atoms with E-state index in [1.54, 1.807) is 0 Å². The normalized spacial score (nSPS) is 27.8. The SMILES string of the molecule is CCCCC1CC(CCCC)[Si]1(OC)OC. The van der Waals surface area contributed by atoms with Crippen LogP contribution in [-0.4, -0.2) is 22.8 Å². The Morgan fingerprint density at radius 3 is 1.69 bits per heavy atom. The zero-order chi connectivity index (χ0) is 12.0. The molecule has 0 bridgehead atoms. The quantitative estimate of drug-likeness (QED) is 0.594. The van der Waals surface area contributed by atoms with E-state index in [0.29, 0.717) is 0 Å². The van der Waals surface area contributed by atoms with Crippen molar-refractivity contribution in [2.45, 2.75) is 69.9 Å². The van der Waals surface area contributed by atoms with E-state index in [2.05, 4.69) is 13.8 Å². The van der Waals surface area contributed by atoms with Crippen LogP contribution >= 0.6 is 0 Å². The van der Waals surface area contributed by atoms with Gasteiger partial charge in [0.15, 0.2) is 0 Å². The molecule has 3 heteroatoms. The fourth-order valence-corrected chi connectivity index (χ4v) is 7.30. The lowest BCUT2D eigenvalue weighted by Crippen LogP contribution is -2.57. The minimum atomic E-state index is -1.82. The molecule has 0 saturated carbocycles. The van der Waals surface area contributed by atoms with Crippen LogP contribution in [0.1, 0.15) is 58.8 Å². The molecule has 16 heavy (non-hydrogen) atoms. The van der Waals surface area contributed by atoms with Crippen LogP contribution in [0.5, 0.6) is 0 Å². The van der Waals surface area contributed by atoms with Crippen LogP contribution in [0.15, 0.2) is 0 Å². The van der Waals surface area contributed by atoms with Crippen molar-refractivity contribution in [2.75, 3.05) is 14.2 Å². The second kappa shape index (κ2) is 6.77. The fraction of sp³-hybridized carbons (Fsp3) is 1.00. The van der Waals surface area contributed by atoms with Crippen LogP contribution in [-0.2, 0) is 8.85 Å². The van der Waals surface area contributed by atoms with Crippen molar-refractivity contribution in [3.05, 3.63) is 0 Å². The highest BCUT2D eigenvalue weighted by atomic mass is 28.4. The molecule has 1 rings (SSSR count). The third-order valence-corrected chi connectivity index (χ3v) is 8.76. The average Bonchev–Trinajstić information content (AvgIpc) is 2.29. The van der Waals surface area contributed by atoms with Crippen molar-refractivity contribution >= 4 is 8.56 Å². The molecule has 0 N–H and O–H groups in total. The average molecular weight is 244 g/mol. The lowest BCUT2D eigenvalue weighted by atomic mass is 10.0. The van der Waals surface area contributed by atoms with Gasteiger partial charge in [-0.05, 0) is 19.3 Å². The van der Waals surface area contributed by atoms with Crippen molar-refractivity contribution in [2.24, 2.45) is 0 Å². The number of hydrogen-bond donors (Lipinski definition) is 0. The zero-order valence-corrected chi connectivity index (χ0v) is 12.4. The summed E-state index contributed by atoms with van der Waals surface area (Å²) < 4.78 is 11.7. The van der Waals surface area contributed by atoms with Gasteiger partial charge in [-0.15, -0.1) is 0 Å². The lowest BCUT2D eigenvalue weighted by Gasteiger charge is -2.51. The first-order valence-electron chi connectivity index (χ1n) is 6.85. The van der Waals surface area contributed by atoms with Gasteiger partial charge in [0.1, 0.15) is 0 Å². The Hall–Kier alpha value is 0.137. The molecule has 0 aromatic rings. The van der Waals surface area contributed by atoms with Gasteiger partial charge in [0.25, 0.3) is 0 Å². The Morgan fingerprint density at radius 1 is 0.938 bits per heavy atom. The van der Waals surface area contributed by atoms with Crippen LogP contribution < -0.4 is 0 Å². The van der Waals surface area contributed by atoms with Gasteiger partial charge < -0.3 is 8.85 Å². The maximum atomic E-state index is 5.86. The number of hydrogen-bond acceptors (Lipinski definition) is 2. The summed E-state index contributed by atoms with van der Waals surface area (Å²) in [4.78, 5) is 0. The van der Waals surface area contributed by atoms with Gasteiger partial charge in [-0.3, -0.25) is 0 Å². The Bertz CT molecular complexity index is 176. The van der Waals surface area contributed by atoms with Gasteiger partial charge in [0.05, 0.1) is 0 Å². The van der Waals surface area contributed by atoms with Crippen molar-refractivity contribution in [3.8, 4) is 0 Å². The number of rotatable bonds is 8. The van der Waals surface area contributed by atoms with E-state index in [4.69, 9.17) is 8.85 Å². The van der Waals surface area contributed by atoms with Gasteiger partial charge in [0.2, 0.25) is 0 Å². The Labute approximate surface area is 102 Å². The molecule has 1 heterocycles. The fourth-order valence-electron chi connectivity index (χ4n) is 3.13. The zero-order valence-electron chi connectivity index (χ0n) is 11.4. The first-order chi connectivity index (χ1) is 7.75. The van der Waals surface area contributed by atoms with Crippen LogP contribution in [0.4, 0.5) is 0 Å². The molecule has 1 saturated heterocycles. The first kappa shape index (κ1) is 14.2. The molecule has 0 aliphatic carbocycles. The van der Waals surface area contributed by atoms with E-state index < -0.39 is 8.56 Å². The summed E-state index contributed by atoms with van der Waals surface area (Å²) in [7, 11) is 1.91. The second-order valence-corrected chi connectivity index (χ2v) is 8.94. The van der Waals surface area contributed by atoms with Crippen molar-refractivity contribution in [1.29, 1.82) is 0 Å². The third-order valence-electron chi connectivity index (χ3n) is 4.16. The molecule has 2 atom stereocenters. The van der Waals surface area contributed by atoms with Crippen molar-refractivity contribution in [1.82, 2.24) is 0 Å². The summed E-state index contributed by atoms with van der Waals surface area (Å²) in [5, 5.41) is 0. The Morgan fingerprint density at radius 2 is 1.38 bits per heavy atom. The minimum absolute atomic E-state index is 0.754. The first-order valence-corrected chi connectivity index (χ1v) is 8.82. The van der Waals surface area contributed by atoms with E-state index in [1.165, 1.54) is 44.9 Å². The molecule has 0 radical (unpaired) electrons. The van der Waals surface area contributed by atoms with Crippen LogP contribution in [0.2, 0.25) is 11.1 Å². The summed E-state index contributed by atoms with van der Waals surface area (Å²) in [6, 6.07) is 0. The third kappa shape index (κ3) is 2.69. The summed E-state index contributed by atoms with van der Waals surface area (Å²) >= 11 is 0. The van der Waals surface area contributed by atoms with E-state index in [-0.39, 0.29) is 0 Å². The summed E-state index contributed by atoms with van der Waals surface area (Å²) in [6.07, 6.45) is 9.20. The van der Waals surface area contributed by atoms with Gasteiger partial charge in [-0.25, -0.2) is 0 Å². The van der Waals surface area contributed by atoms with Crippen molar-refractivity contribution in [3.63, 3.8) is 0 Å². The highest BCUT2D eigenvalue weighted by Gasteiger charge is 2.59. The largest absolute Gasteiger partial charge is 0.397 e. The van der Waals surface area contributed by atoms with E-state index in [0.717, 1.165) is 11.1 Å². The maximum absolute atomic E-state index is 5.86. The van der Waals surface area contributed by atoms with E-state index in [1.807, 2.05) is 14.2 Å².